The summed E-state index contributed by atoms with van der Waals surface area (Å²) in [4.78, 5) is 22.7. The van der Waals surface area contributed by atoms with Crippen LogP contribution in [0.2, 0.25) is 0 Å². The molecule has 2 atom stereocenters. The highest BCUT2D eigenvalue weighted by Gasteiger charge is 2.28. The highest BCUT2D eigenvalue weighted by Crippen LogP contribution is 2.13. The van der Waals surface area contributed by atoms with Gasteiger partial charge >= 0.3 is 0 Å². The van der Waals surface area contributed by atoms with E-state index in [0.29, 0.717) is 11.1 Å². The number of benzene rings is 2. The molecule has 0 aliphatic carbocycles. The number of nitrogens with one attached hydrogen (secondary N) is 3. The third-order valence-electron chi connectivity index (χ3n) is 3.79. The van der Waals surface area contributed by atoms with Gasteiger partial charge in [0.1, 0.15) is 22.0 Å². The highest BCUT2D eigenvalue weighted by atomic mass is 35.5. The van der Waals surface area contributed by atoms with E-state index in [1.807, 2.05) is 19.1 Å². The van der Waals surface area contributed by atoms with Crippen molar-refractivity contribution in [2.75, 3.05) is 0 Å². The van der Waals surface area contributed by atoms with Crippen LogP contribution in [-0.4, -0.2) is 33.8 Å². The lowest BCUT2D eigenvalue weighted by Gasteiger charge is -2.28. The third kappa shape index (κ3) is 6.83. The van der Waals surface area contributed by atoms with E-state index in [1.165, 1.54) is 0 Å². The summed E-state index contributed by atoms with van der Waals surface area (Å²) in [6, 6.07) is 15.5. The van der Waals surface area contributed by atoms with Crippen LogP contribution < -0.4 is 16.0 Å². The van der Waals surface area contributed by atoms with E-state index in [1.54, 1.807) is 42.5 Å². The molecule has 5 nitrogen and oxygen atoms in total. The Balaban J connectivity index is 2.07. The molecule has 0 bridgehead atoms. The summed E-state index contributed by atoms with van der Waals surface area (Å²) in [5, 5.41) is 8.20. The lowest BCUT2D eigenvalue weighted by molar-refractivity contribution is 0.0911. The van der Waals surface area contributed by atoms with Crippen molar-refractivity contribution in [3.63, 3.8) is 0 Å². The number of alkyl halides is 4. The van der Waals surface area contributed by atoms with E-state index >= 15 is 0 Å². The first-order chi connectivity index (χ1) is 13.3. The molecule has 0 aliphatic heterocycles. The zero-order valence-electron chi connectivity index (χ0n) is 14.8. The molecule has 0 aliphatic rings. The van der Waals surface area contributed by atoms with Gasteiger partial charge in [0, 0.05) is 11.1 Å². The van der Waals surface area contributed by atoms with Gasteiger partial charge in [0.2, 0.25) is 0 Å². The molecule has 150 valence electrons. The zero-order chi connectivity index (χ0) is 20.7. The fraction of sp³-hybridized carbons (Fsp3) is 0.263. The van der Waals surface area contributed by atoms with Gasteiger partial charge < -0.3 is 10.6 Å². The number of rotatable bonds is 8. The van der Waals surface area contributed by atoms with E-state index in [9.17, 15) is 9.59 Å². The van der Waals surface area contributed by atoms with E-state index in [0.717, 1.165) is 5.56 Å². The molecule has 0 unspecified atom stereocenters. The van der Waals surface area contributed by atoms with Crippen molar-refractivity contribution in [3.05, 3.63) is 71.3 Å². The summed E-state index contributed by atoms with van der Waals surface area (Å²) in [6.07, 6.45) is -1.84. The van der Waals surface area contributed by atoms with Gasteiger partial charge in [-0.15, -0.1) is 46.4 Å². The van der Waals surface area contributed by atoms with Crippen LogP contribution >= 0.6 is 46.4 Å². The van der Waals surface area contributed by atoms with Gasteiger partial charge in [0.05, 0.1) is 0 Å². The van der Waals surface area contributed by atoms with Gasteiger partial charge in [-0.1, -0.05) is 35.9 Å². The molecule has 0 heterocycles. The van der Waals surface area contributed by atoms with Crippen molar-refractivity contribution in [2.24, 2.45) is 0 Å². The average molecular weight is 463 g/mol. The number of hydrogen-bond acceptors (Lipinski definition) is 3. The van der Waals surface area contributed by atoms with E-state index in [-0.39, 0.29) is 0 Å². The molecule has 0 saturated heterocycles. The largest absolute Gasteiger partial charge is 0.334 e. The molecule has 0 radical (unpaired) electrons. The van der Waals surface area contributed by atoms with Crippen LogP contribution in [-0.2, 0) is 0 Å². The van der Waals surface area contributed by atoms with Crippen LogP contribution in [0.5, 0.6) is 0 Å². The predicted octanol–water partition coefficient (Wildman–Crippen LogP) is 4.00. The normalized spacial score (nSPS) is 13.2. The standard InChI is InChI=1S/C19H19Cl4N3O2/c1-11-7-9-13(10-8-11)19(28)26-17(15(22)23)24-16(14(20)21)25-18(27)12-5-3-2-4-6-12/h2-10,14-17,24H,1H3,(H,25,27)(H,26,28)/t16-,17-/m1/s1. The summed E-state index contributed by atoms with van der Waals surface area (Å²) in [5.41, 5.74) is 1.89. The Morgan fingerprint density at radius 2 is 1.14 bits per heavy atom. The van der Waals surface area contributed by atoms with Crippen molar-refractivity contribution in [1.29, 1.82) is 0 Å². The maximum atomic E-state index is 12.4. The molecule has 3 N–H and O–H groups in total. The van der Waals surface area contributed by atoms with Crippen molar-refractivity contribution in [1.82, 2.24) is 16.0 Å². The Morgan fingerprint density at radius 3 is 1.57 bits per heavy atom. The van der Waals surface area contributed by atoms with Gasteiger partial charge in [0.25, 0.3) is 11.8 Å². The number of hydrogen-bond donors (Lipinski definition) is 3. The minimum atomic E-state index is -1.03. The average Bonchev–Trinajstić information content (AvgIpc) is 2.67. The molecule has 2 amide bonds. The van der Waals surface area contributed by atoms with Crippen LogP contribution in [0.25, 0.3) is 0 Å². The molecule has 0 aromatic heterocycles. The number of carbonyl (C=O) groups excluding carboxylic acids is 2. The molecule has 9 heteroatoms. The van der Waals surface area contributed by atoms with E-state index in [2.05, 4.69) is 16.0 Å². The SMILES string of the molecule is Cc1ccc(C(=O)N[C@@H](N[C@H](NC(=O)c2ccccc2)C(Cl)Cl)C(Cl)Cl)cc1. The van der Waals surface area contributed by atoms with Crippen LogP contribution in [0.1, 0.15) is 26.3 Å². The number of aryl methyl sites for hydroxylation is 1. The predicted molar refractivity (Wildman–Crippen MR) is 114 cm³/mol. The second-order valence-corrected chi connectivity index (χ2v) is 8.30. The Hall–Kier alpha value is -1.50. The van der Waals surface area contributed by atoms with Crippen LogP contribution in [0.15, 0.2) is 54.6 Å². The topological polar surface area (TPSA) is 70.2 Å². The Labute approximate surface area is 183 Å². The number of amides is 2. The summed E-state index contributed by atoms with van der Waals surface area (Å²) in [5.74, 6) is -0.786. The molecule has 28 heavy (non-hydrogen) atoms. The van der Waals surface area contributed by atoms with Crippen molar-refractivity contribution < 1.29 is 9.59 Å². The quantitative estimate of drug-likeness (QED) is 0.410. The molecule has 0 saturated carbocycles. The second kappa shape index (κ2) is 10.9. The van der Waals surface area contributed by atoms with Crippen LogP contribution in [0, 0.1) is 6.92 Å². The van der Waals surface area contributed by atoms with Gasteiger partial charge in [-0.3, -0.25) is 14.9 Å². The Morgan fingerprint density at radius 1 is 0.714 bits per heavy atom. The Bertz CT molecular complexity index is 786. The lowest BCUT2D eigenvalue weighted by atomic mass is 10.1. The first kappa shape index (κ1) is 22.8. The molecule has 2 aromatic carbocycles. The summed E-state index contributed by atoms with van der Waals surface area (Å²) in [6.45, 7) is 1.92. The van der Waals surface area contributed by atoms with Gasteiger partial charge in [-0.05, 0) is 31.2 Å². The van der Waals surface area contributed by atoms with Gasteiger partial charge in [-0.2, -0.15) is 0 Å². The van der Waals surface area contributed by atoms with Crippen molar-refractivity contribution >= 4 is 58.2 Å². The van der Waals surface area contributed by atoms with E-state index < -0.39 is 33.8 Å². The maximum absolute atomic E-state index is 12.4. The van der Waals surface area contributed by atoms with Crippen molar-refractivity contribution in [2.45, 2.75) is 28.9 Å². The Kier molecular flexibility index (Phi) is 8.86. The van der Waals surface area contributed by atoms with Crippen LogP contribution in [0.3, 0.4) is 0 Å². The molecule has 0 spiro atoms. The van der Waals surface area contributed by atoms with Gasteiger partial charge in [-0.25, -0.2) is 0 Å². The highest BCUT2D eigenvalue weighted by molar-refractivity contribution is 6.45. The smallest absolute Gasteiger partial charge is 0.252 e. The second-order valence-electron chi connectivity index (χ2n) is 5.97. The summed E-state index contributed by atoms with van der Waals surface area (Å²) < 4.78 is 0. The third-order valence-corrected chi connectivity index (χ3v) is 4.79. The fourth-order valence-corrected chi connectivity index (χ4v) is 2.83. The maximum Gasteiger partial charge on any atom is 0.252 e. The van der Waals surface area contributed by atoms with Crippen molar-refractivity contribution in [3.8, 4) is 0 Å². The monoisotopic (exact) mass is 461 g/mol. The summed E-state index contributed by atoms with van der Waals surface area (Å²) >= 11 is 24.0. The molecule has 2 aromatic rings. The fourth-order valence-electron chi connectivity index (χ4n) is 2.29. The minimum absolute atomic E-state index is 0.391. The number of carbonyl (C=O) groups is 2. The first-order valence-corrected chi connectivity index (χ1v) is 10.1. The van der Waals surface area contributed by atoms with Crippen LogP contribution in [0.4, 0.5) is 0 Å². The van der Waals surface area contributed by atoms with E-state index in [4.69, 9.17) is 46.4 Å². The lowest BCUT2D eigenvalue weighted by Crippen LogP contribution is -2.60. The molecular weight excluding hydrogens is 444 g/mol. The minimum Gasteiger partial charge on any atom is -0.334 e. The number of halogens is 4. The molecule has 0 fully saturated rings. The first-order valence-electron chi connectivity index (χ1n) is 8.33. The zero-order valence-corrected chi connectivity index (χ0v) is 17.9. The molecular formula is C19H19Cl4N3O2. The summed E-state index contributed by atoms with van der Waals surface area (Å²) in [7, 11) is 0. The molecule has 2 rings (SSSR count). The van der Waals surface area contributed by atoms with Gasteiger partial charge in [0.15, 0.2) is 0 Å².